The molecule has 0 aromatic rings. The molecule has 0 rings (SSSR count). The molecule has 0 spiro atoms. The van der Waals surface area contributed by atoms with Gasteiger partial charge in [0.1, 0.15) is 5.78 Å². The molecule has 0 bridgehead atoms. The van der Waals surface area contributed by atoms with E-state index < -0.39 is 0 Å². The Bertz CT molecular complexity index is 112. The number of hydrogen-bond donors (Lipinski definition) is 0. The maximum atomic E-state index is 11.1. The minimum absolute atomic E-state index is 0.0718. The van der Waals surface area contributed by atoms with Crippen LogP contribution in [0.15, 0.2) is 0 Å². The Morgan fingerprint density at radius 2 is 2.00 bits per heavy atom. The molecule has 0 heterocycles. The maximum absolute atomic E-state index is 11.1. The normalized spacial score (nSPS) is 16.4. The second kappa shape index (κ2) is 4.89. The van der Waals surface area contributed by atoms with E-state index in [1.54, 1.807) is 0 Å². The minimum atomic E-state index is 0.0718. The summed E-state index contributed by atoms with van der Waals surface area (Å²) in [6, 6.07) is 0. The van der Waals surface area contributed by atoms with Gasteiger partial charge in [0.25, 0.3) is 0 Å². The maximum Gasteiger partial charge on any atom is 0.146 e. The van der Waals surface area contributed by atoms with E-state index in [0.29, 0.717) is 18.1 Å². The van der Waals surface area contributed by atoms with Crippen molar-refractivity contribution in [3.05, 3.63) is 0 Å². The van der Waals surface area contributed by atoms with E-state index in [-0.39, 0.29) is 4.83 Å². The van der Waals surface area contributed by atoms with Crippen molar-refractivity contribution in [1.82, 2.24) is 0 Å². The fourth-order valence-electron chi connectivity index (χ4n) is 0.719. The lowest BCUT2D eigenvalue weighted by Gasteiger charge is -2.13. The van der Waals surface area contributed by atoms with Crippen molar-refractivity contribution in [2.24, 2.45) is 5.92 Å². The van der Waals surface area contributed by atoms with E-state index in [4.69, 9.17) is 0 Å². The quantitative estimate of drug-likeness (QED) is 0.648. The smallest absolute Gasteiger partial charge is 0.146 e. The van der Waals surface area contributed by atoms with E-state index in [1.165, 1.54) is 0 Å². The molecule has 0 radical (unpaired) electrons. The molecule has 0 fully saturated rings. The molecular formula is C8H15BrO. The standard InChI is InChI=1S/C8H15BrO/c1-4-6(3)8(9)7(10)5-2/h6,8H,4-5H2,1-3H3. The predicted octanol–water partition coefficient (Wildman–Crippen LogP) is 2.78. The lowest BCUT2D eigenvalue weighted by atomic mass is 10.0. The SMILES string of the molecule is CCC(=O)C(Br)C(C)CC. The number of ketones is 1. The molecule has 0 N–H and O–H groups in total. The molecule has 0 aliphatic rings. The van der Waals surface area contributed by atoms with Crippen LogP contribution in [0.4, 0.5) is 0 Å². The topological polar surface area (TPSA) is 17.1 Å². The van der Waals surface area contributed by atoms with Crippen molar-refractivity contribution in [2.45, 2.75) is 38.4 Å². The molecule has 0 aliphatic carbocycles. The molecule has 0 aliphatic heterocycles. The molecular weight excluding hydrogens is 192 g/mol. The zero-order valence-corrected chi connectivity index (χ0v) is 8.44. The van der Waals surface area contributed by atoms with Gasteiger partial charge in [0.15, 0.2) is 0 Å². The van der Waals surface area contributed by atoms with Gasteiger partial charge in [0, 0.05) is 6.42 Å². The van der Waals surface area contributed by atoms with Crippen molar-refractivity contribution < 1.29 is 4.79 Å². The second-order valence-corrected chi connectivity index (χ2v) is 3.59. The number of Topliss-reactive ketones (excluding diaryl/α,β-unsaturated/α-hetero) is 1. The van der Waals surface area contributed by atoms with Crippen LogP contribution in [-0.4, -0.2) is 10.6 Å². The van der Waals surface area contributed by atoms with Gasteiger partial charge in [0.05, 0.1) is 4.83 Å². The molecule has 0 amide bonds. The minimum Gasteiger partial charge on any atom is -0.298 e. The third-order valence-electron chi connectivity index (χ3n) is 1.80. The number of alkyl halides is 1. The predicted molar refractivity (Wildman–Crippen MR) is 47.5 cm³/mol. The number of halogens is 1. The molecule has 2 atom stereocenters. The van der Waals surface area contributed by atoms with Gasteiger partial charge < -0.3 is 0 Å². The summed E-state index contributed by atoms with van der Waals surface area (Å²) in [7, 11) is 0. The largest absolute Gasteiger partial charge is 0.298 e. The van der Waals surface area contributed by atoms with Gasteiger partial charge in [-0.15, -0.1) is 0 Å². The Kier molecular flexibility index (Phi) is 4.96. The zero-order chi connectivity index (χ0) is 8.15. The van der Waals surface area contributed by atoms with Gasteiger partial charge >= 0.3 is 0 Å². The van der Waals surface area contributed by atoms with Crippen LogP contribution in [0.5, 0.6) is 0 Å². The summed E-state index contributed by atoms with van der Waals surface area (Å²) in [6.07, 6.45) is 1.70. The van der Waals surface area contributed by atoms with Crippen molar-refractivity contribution in [1.29, 1.82) is 0 Å². The third-order valence-corrected chi connectivity index (χ3v) is 3.21. The van der Waals surface area contributed by atoms with Crippen LogP contribution in [0.1, 0.15) is 33.6 Å². The first kappa shape index (κ1) is 10.2. The van der Waals surface area contributed by atoms with Crippen LogP contribution in [0, 0.1) is 5.92 Å². The Labute approximate surface area is 71.3 Å². The summed E-state index contributed by atoms with van der Waals surface area (Å²) < 4.78 is 0. The van der Waals surface area contributed by atoms with Gasteiger partial charge in [-0.3, -0.25) is 4.79 Å². The molecule has 1 nitrogen and oxygen atoms in total. The average molecular weight is 207 g/mol. The Morgan fingerprint density at radius 3 is 2.30 bits per heavy atom. The van der Waals surface area contributed by atoms with Gasteiger partial charge in [-0.2, -0.15) is 0 Å². The molecule has 0 aromatic carbocycles. The monoisotopic (exact) mass is 206 g/mol. The summed E-state index contributed by atoms with van der Waals surface area (Å²) in [6.45, 7) is 6.09. The van der Waals surface area contributed by atoms with Crippen LogP contribution < -0.4 is 0 Å². The van der Waals surface area contributed by atoms with Gasteiger partial charge in [-0.1, -0.05) is 43.1 Å². The van der Waals surface area contributed by atoms with Crippen molar-refractivity contribution in [2.75, 3.05) is 0 Å². The Hall–Kier alpha value is 0.150. The highest BCUT2D eigenvalue weighted by Gasteiger charge is 2.18. The van der Waals surface area contributed by atoms with Crippen molar-refractivity contribution in [3.8, 4) is 0 Å². The fraction of sp³-hybridized carbons (Fsp3) is 0.875. The molecule has 0 aromatic heterocycles. The van der Waals surface area contributed by atoms with E-state index in [1.807, 2.05) is 6.92 Å². The number of hydrogen-bond acceptors (Lipinski definition) is 1. The van der Waals surface area contributed by atoms with Crippen LogP contribution in [0.2, 0.25) is 0 Å². The van der Waals surface area contributed by atoms with Crippen LogP contribution in [-0.2, 0) is 4.79 Å². The second-order valence-electron chi connectivity index (χ2n) is 2.61. The Balaban J connectivity index is 3.81. The Morgan fingerprint density at radius 1 is 1.50 bits per heavy atom. The lowest BCUT2D eigenvalue weighted by molar-refractivity contribution is -0.118. The van der Waals surface area contributed by atoms with Crippen molar-refractivity contribution in [3.63, 3.8) is 0 Å². The summed E-state index contributed by atoms with van der Waals surface area (Å²) in [4.78, 5) is 11.1. The fourth-order valence-corrected chi connectivity index (χ4v) is 1.42. The lowest BCUT2D eigenvalue weighted by Crippen LogP contribution is -2.20. The number of carbonyl (C=O) groups is 1. The summed E-state index contributed by atoms with van der Waals surface area (Å²) in [5.74, 6) is 0.779. The highest BCUT2D eigenvalue weighted by molar-refractivity contribution is 9.10. The third kappa shape index (κ3) is 2.82. The molecule has 2 heteroatoms. The van der Waals surface area contributed by atoms with E-state index in [0.717, 1.165) is 6.42 Å². The zero-order valence-electron chi connectivity index (χ0n) is 6.86. The van der Waals surface area contributed by atoms with Gasteiger partial charge in [0.2, 0.25) is 0 Å². The molecule has 2 unspecified atom stereocenters. The number of rotatable bonds is 4. The van der Waals surface area contributed by atoms with Crippen LogP contribution in [0.3, 0.4) is 0 Å². The number of carbonyl (C=O) groups excluding carboxylic acids is 1. The van der Waals surface area contributed by atoms with Crippen LogP contribution >= 0.6 is 15.9 Å². The highest BCUT2D eigenvalue weighted by Crippen LogP contribution is 2.17. The van der Waals surface area contributed by atoms with Crippen LogP contribution in [0.25, 0.3) is 0 Å². The summed E-state index contributed by atoms with van der Waals surface area (Å²) >= 11 is 3.38. The average Bonchev–Trinajstić information content (AvgIpc) is 2.00. The summed E-state index contributed by atoms with van der Waals surface area (Å²) in [5, 5.41) is 0. The van der Waals surface area contributed by atoms with Gasteiger partial charge in [-0.05, 0) is 5.92 Å². The van der Waals surface area contributed by atoms with Gasteiger partial charge in [-0.25, -0.2) is 0 Å². The first-order chi connectivity index (χ1) is 4.63. The van der Waals surface area contributed by atoms with E-state index >= 15 is 0 Å². The molecule has 60 valence electrons. The van der Waals surface area contributed by atoms with E-state index in [9.17, 15) is 4.79 Å². The highest BCUT2D eigenvalue weighted by atomic mass is 79.9. The van der Waals surface area contributed by atoms with E-state index in [2.05, 4.69) is 29.8 Å². The first-order valence-corrected chi connectivity index (χ1v) is 4.71. The molecule has 0 saturated carbocycles. The molecule has 10 heavy (non-hydrogen) atoms. The first-order valence-electron chi connectivity index (χ1n) is 3.80. The molecule has 0 saturated heterocycles. The summed E-state index contributed by atoms with van der Waals surface area (Å²) in [5.41, 5.74) is 0. The van der Waals surface area contributed by atoms with Crippen molar-refractivity contribution >= 4 is 21.7 Å².